The lowest BCUT2D eigenvalue weighted by Crippen LogP contribution is -2.40. The SMILES string of the molecule is C[C@H](CCc1ccccc1)Nc1c(C#N)c(=O)n(C)c(=O)n1C. The molecule has 120 valence electrons. The summed E-state index contributed by atoms with van der Waals surface area (Å²) in [5.41, 5.74) is 0.154. The number of hydrogen-bond acceptors (Lipinski definition) is 4. The van der Waals surface area contributed by atoms with Crippen molar-refractivity contribution in [2.75, 3.05) is 5.32 Å². The highest BCUT2D eigenvalue weighted by molar-refractivity contribution is 5.51. The van der Waals surface area contributed by atoms with Gasteiger partial charge in [-0.1, -0.05) is 30.3 Å². The Morgan fingerprint density at radius 2 is 1.83 bits per heavy atom. The first kappa shape index (κ1) is 16.6. The Labute approximate surface area is 134 Å². The van der Waals surface area contributed by atoms with E-state index in [9.17, 15) is 14.9 Å². The fraction of sp³-hybridized carbons (Fsp3) is 0.353. The number of hydrogen-bond donors (Lipinski definition) is 1. The van der Waals surface area contributed by atoms with E-state index in [1.165, 1.54) is 17.2 Å². The van der Waals surface area contributed by atoms with Gasteiger partial charge in [-0.05, 0) is 25.3 Å². The topological polar surface area (TPSA) is 79.8 Å². The third kappa shape index (κ3) is 3.51. The fourth-order valence-electron chi connectivity index (χ4n) is 2.45. The predicted molar refractivity (Wildman–Crippen MR) is 89.5 cm³/mol. The van der Waals surface area contributed by atoms with Gasteiger partial charge in [0, 0.05) is 20.1 Å². The molecule has 0 aliphatic heterocycles. The van der Waals surface area contributed by atoms with Gasteiger partial charge in [0.1, 0.15) is 11.9 Å². The van der Waals surface area contributed by atoms with Crippen LogP contribution in [0.2, 0.25) is 0 Å². The molecule has 0 saturated carbocycles. The highest BCUT2D eigenvalue weighted by atomic mass is 16.2. The molecule has 0 unspecified atom stereocenters. The molecule has 1 atom stereocenters. The molecule has 23 heavy (non-hydrogen) atoms. The van der Waals surface area contributed by atoms with Crippen molar-refractivity contribution >= 4 is 5.82 Å². The highest BCUT2D eigenvalue weighted by Crippen LogP contribution is 2.12. The van der Waals surface area contributed by atoms with E-state index in [0.717, 1.165) is 17.4 Å². The van der Waals surface area contributed by atoms with Gasteiger partial charge in [-0.25, -0.2) is 4.79 Å². The summed E-state index contributed by atoms with van der Waals surface area (Å²) in [7, 11) is 2.92. The Morgan fingerprint density at radius 1 is 1.17 bits per heavy atom. The summed E-state index contributed by atoms with van der Waals surface area (Å²) >= 11 is 0. The number of aromatic nitrogens is 2. The summed E-state index contributed by atoms with van der Waals surface area (Å²) in [6.45, 7) is 1.96. The van der Waals surface area contributed by atoms with Crippen molar-refractivity contribution in [2.45, 2.75) is 25.8 Å². The van der Waals surface area contributed by atoms with Crippen LogP contribution in [0.4, 0.5) is 5.82 Å². The van der Waals surface area contributed by atoms with Crippen molar-refractivity contribution in [1.82, 2.24) is 9.13 Å². The average molecular weight is 312 g/mol. The van der Waals surface area contributed by atoms with Crippen LogP contribution in [-0.2, 0) is 20.5 Å². The van der Waals surface area contributed by atoms with Crippen LogP contribution in [0.3, 0.4) is 0 Å². The molecule has 0 radical (unpaired) electrons. The Bertz CT molecular complexity index is 844. The molecule has 1 aromatic heterocycles. The van der Waals surface area contributed by atoms with Gasteiger partial charge in [-0.2, -0.15) is 5.26 Å². The van der Waals surface area contributed by atoms with Gasteiger partial charge in [0.15, 0.2) is 5.56 Å². The van der Waals surface area contributed by atoms with Crippen LogP contribution in [0.1, 0.15) is 24.5 Å². The van der Waals surface area contributed by atoms with Gasteiger partial charge in [0.05, 0.1) is 0 Å². The van der Waals surface area contributed by atoms with Gasteiger partial charge < -0.3 is 5.32 Å². The monoisotopic (exact) mass is 312 g/mol. The second-order valence-corrected chi connectivity index (χ2v) is 5.61. The lowest BCUT2D eigenvalue weighted by molar-refractivity contribution is 0.656. The van der Waals surface area contributed by atoms with E-state index in [-0.39, 0.29) is 17.4 Å². The van der Waals surface area contributed by atoms with Crippen LogP contribution in [0.25, 0.3) is 0 Å². The average Bonchev–Trinajstić information content (AvgIpc) is 2.57. The molecule has 6 heteroatoms. The third-order valence-corrected chi connectivity index (χ3v) is 3.87. The number of nitriles is 1. The van der Waals surface area contributed by atoms with Crippen molar-refractivity contribution < 1.29 is 0 Å². The highest BCUT2D eigenvalue weighted by Gasteiger charge is 2.16. The molecule has 6 nitrogen and oxygen atoms in total. The zero-order chi connectivity index (χ0) is 17.0. The summed E-state index contributed by atoms with van der Waals surface area (Å²) in [6, 6.07) is 12.0. The molecular weight excluding hydrogens is 292 g/mol. The molecule has 0 aliphatic rings. The summed E-state index contributed by atoms with van der Waals surface area (Å²) in [5.74, 6) is 0.279. The first-order valence-corrected chi connectivity index (χ1v) is 7.46. The van der Waals surface area contributed by atoms with Crippen LogP contribution in [-0.4, -0.2) is 15.2 Å². The van der Waals surface area contributed by atoms with Gasteiger partial charge in [0.2, 0.25) is 0 Å². The number of anilines is 1. The van der Waals surface area contributed by atoms with Crippen LogP contribution in [0.5, 0.6) is 0 Å². The Hall–Kier alpha value is -2.81. The van der Waals surface area contributed by atoms with Crippen LogP contribution in [0.15, 0.2) is 39.9 Å². The van der Waals surface area contributed by atoms with E-state index in [1.54, 1.807) is 7.05 Å². The molecule has 2 rings (SSSR count). The lowest BCUT2D eigenvalue weighted by Gasteiger charge is -2.19. The molecule has 0 spiro atoms. The number of benzene rings is 1. The second kappa shape index (κ2) is 6.97. The molecule has 1 heterocycles. The molecule has 0 amide bonds. The maximum Gasteiger partial charge on any atom is 0.332 e. The van der Waals surface area contributed by atoms with Crippen molar-refractivity contribution in [3.8, 4) is 6.07 Å². The Balaban J connectivity index is 2.21. The maximum atomic E-state index is 12.0. The summed E-state index contributed by atoms with van der Waals surface area (Å²) < 4.78 is 2.25. The van der Waals surface area contributed by atoms with Gasteiger partial charge in [-0.3, -0.25) is 13.9 Å². The molecule has 0 fully saturated rings. The van der Waals surface area contributed by atoms with E-state index >= 15 is 0 Å². The zero-order valence-electron chi connectivity index (χ0n) is 13.5. The molecule has 1 aromatic carbocycles. The fourth-order valence-corrected chi connectivity index (χ4v) is 2.45. The van der Waals surface area contributed by atoms with Crippen LogP contribution >= 0.6 is 0 Å². The second-order valence-electron chi connectivity index (χ2n) is 5.61. The van der Waals surface area contributed by atoms with Crippen molar-refractivity contribution in [3.05, 3.63) is 62.3 Å². The molecule has 0 aliphatic carbocycles. The van der Waals surface area contributed by atoms with E-state index in [2.05, 4.69) is 17.4 Å². The summed E-state index contributed by atoms with van der Waals surface area (Å²) in [4.78, 5) is 24.1. The Morgan fingerprint density at radius 3 is 2.43 bits per heavy atom. The minimum absolute atomic E-state index is 0.0139. The van der Waals surface area contributed by atoms with E-state index in [1.807, 2.05) is 31.2 Å². The molecule has 1 N–H and O–H groups in total. The third-order valence-electron chi connectivity index (χ3n) is 3.87. The molecule has 2 aromatic rings. The quantitative estimate of drug-likeness (QED) is 0.905. The maximum absolute atomic E-state index is 12.0. The molecular formula is C17H20N4O2. The van der Waals surface area contributed by atoms with Gasteiger partial charge >= 0.3 is 5.69 Å². The number of nitrogens with one attached hydrogen (secondary N) is 1. The zero-order valence-corrected chi connectivity index (χ0v) is 13.5. The van der Waals surface area contributed by atoms with Crippen LogP contribution in [0, 0.1) is 11.3 Å². The molecule has 0 saturated heterocycles. The standard InChI is InChI=1S/C17H20N4O2/c1-12(9-10-13-7-5-4-6-8-13)19-15-14(11-18)16(22)21(3)17(23)20(15)2/h4-8,12,19H,9-10H2,1-3H3/t12-/m1/s1. The minimum Gasteiger partial charge on any atom is -0.368 e. The summed E-state index contributed by atoms with van der Waals surface area (Å²) in [6.07, 6.45) is 1.69. The van der Waals surface area contributed by atoms with Crippen molar-refractivity contribution in [3.63, 3.8) is 0 Å². The number of rotatable bonds is 5. The van der Waals surface area contributed by atoms with E-state index < -0.39 is 11.2 Å². The van der Waals surface area contributed by atoms with Crippen molar-refractivity contribution in [2.24, 2.45) is 14.1 Å². The van der Waals surface area contributed by atoms with Gasteiger partial charge in [0.25, 0.3) is 5.56 Å². The first-order chi connectivity index (χ1) is 11.0. The van der Waals surface area contributed by atoms with Gasteiger partial charge in [-0.15, -0.1) is 0 Å². The smallest absolute Gasteiger partial charge is 0.332 e. The van der Waals surface area contributed by atoms with E-state index in [0.29, 0.717) is 0 Å². The normalized spacial score (nSPS) is 11.7. The number of aryl methyl sites for hydroxylation is 1. The van der Waals surface area contributed by atoms with Crippen LogP contribution < -0.4 is 16.6 Å². The van der Waals surface area contributed by atoms with E-state index in [4.69, 9.17) is 0 Å². The largest absolute Gasteiger partial charge is 0.368 e. The molecule has 0 bridgehead atoms. The van der Waals surface area contributed by atoms with Crippen molar-refractivity contribution in [1.29, 1.82) is 5.26 Å². The number of nitrogens with zero attached hydrogens (tertiary/aromatic N) is 3. The minimum atomic E-state index is -0.576. The lowest BCUT2D eigenvalue weighted by atomic mass is 10.1. The predicted octanol–water partition coefficient (Wildman–Crippen LogP) is 1.39. The Kier molecular flexibility index (Phi) is 5.02. The summed E-state index contributed by atoms with van der Waals surface area (Å²) in [5, 5.41) is 12.4. The first-order valence-electron chi connectivity index (χ1n) is 7.46.